The zero-order valence-corrected chi connectivity index (χ0v) is 12.9. The third kappa shape index (κ3) is 3.13. The van der Waals surface area contributed by atoms with E-state index >= 15 is 0 Å². The zero-order chi connectivity index (χ0) is 14.8. The molecule has 2 saturated heterocycles. The van der Waals surface area contributed by atoms with Crippen LogP contribution in [0.2, 0.25) is 0 Å². The molecule has 3 rings (SSSR count). The van der Waals surface area contributed by atoms with Crippen LogP contribution in [-0.2, 0) is 0 Å². The number of nitrogens with zero attached hydrogens (tertiary/aromatic N) is 3. The smallest absolute Gasteiger partial charge is 0.267 e. The number of piperidine rings is 2. The van der Waals surface area contributed by atoms with Gasteiger partial charge in [-0.05, 0) is 32.1 Å². The second-order valence-electron chi connectivity index (χ2n) is 5.78. The van der Waals surface area contributed by atoms with Gasteiger partial charge in [-0.2, -0.15) is 0 Å². The van der Waals surface area contributed by atoms with Crippen molar-refractivity contribution in [2.75, 3.05) is 36.8 Å². The Morgan fingerprint density at radius 1 is 1.19 bits per heavy atom. The van der Waals surface area contributed by atoms with Gasteiger partial charge >= 0.3 is 0 Å². The zero-order valence-electron chi connectivity index (χ0n) is 12.1. The number of aliphatic hydroxyl groups is 1. The molecular weight excluding hydrogens is 288 g/mol. The molecule has 0 bridgehead atoms. The van der Waals surface area contributed by atoms with Gasteiger partial charge in [0.15, 0.2) is 5.13 Å². The summed E-state index contributed by atoms with van der Waals surface area (Å²) in [5.74, 6) is 0.303. The minimum absolute atomic E-state index is 0.0415. The van der Waals surface area contributed by atoms with E-state index in [1.54, 1.807) is 4.90 Å². The number of rotatable bonds is 2. The van der Waals surface area contributed by atoms with E-state index in [2.05, 4.69) is 9.88 Å². The molecule has 1 amide bonds. The van der Waals surface area contributed by atoms with Crippen molar-refractivity contribution in [3.8, 4) is 0 Å². The molecule has 116 valence electrons. The molecular formula is C14H22N4O2S. The molecule has 1 aromatic heterocycles. The number of hydrogen-bond donors (Lipinski definition) is 2. The minimum atomic E-state index is -0.281. The lowest BCUT2D eigenvalue weighted by molar-refractivity contribution is 0.0551. The highest BCUT2D eigenvalue weighted by atomic mass is 32.1. The summed E-state index contributed by atoms with van der Waals surface area (Å²) in [7, 11) is 0. The van der Waals surface area contributed by atoms with Gasteiger partial charge in [0.05, 0.1) is 6.10 Å². The molecule has 0 unspecified atom stereocenters. The van der Waals surface area contributed by atoms with E-state index in [1.807, 2.05) is 0 Å². The van der Waals surface area contributed by atoms with Gasteiger partial charge in [-0.1, -0.05) is 11.3 Å². The van der Waals surface area contributed by atoms with Crippen LogP contribution in [0.4, 0.5) is 10.9 Å². The van der Waals surface area contributed by atoms with Crippen LogP contribution >= 0.6 is 11.3 Å². The van der Waals surface area contributed by atoms with E-state index in [1.165, 1.54) is 30.6 Å². The molecule has 0 atom stereocenters. The Kier molecular flexibility index (Phi) is 4.30. The maximum atomic E-state index is 12.5. The van der Waals surface area contributed by atoms with Gasteiger partial charge in [0, 0.05) is 26.2 Å². The van der Waals surface area contributed by atoms with Crippen LogP contribution in [0, 0.1) is 0 Å². The van der Waals surface area contributed by atoms with Gasteiger partial charge in [-0.25, -0.2) is 4.98 Å². The highest BCUT2D eigenvalue weighted by Gasteiger charge is 2.27. The molecule has 0 aliphatic carbocycles. The van der Waals surface area contributed by atoms with Crippen molar-refractivity contribution < 1.29 is 9.90 Å². The number of aromatic nitrogens is 1. The number of carbonyl (C=O) groups excluding carboxylic acids is 1. The molecule has 3 heterocycles. The third-order valence-electron chi connectivity index (χ3n) is 4.21. The quantitative estimate of drug-likeness (QED) is 0.860. The summed E-state index contributed by atoms with van der Waals surface area (Å²) in [6, 6.07) is 0. The predicted octanol–water partition coefficient (Wildman–Crippen LogP) is 1.31. The largest absolute Gasteiger partial charge is 0.393 e. The Labute approximate surface area is 128 Å². The molecule has 0 spiro atoms. The first-order chi connectivity index (χ1) is 10.1. The number of nitrogens with two attached hydrogens (primary N) is 1. The van der Waals surface area contributed by atoms with Crippen molar-refractivity contribution in [3.63, 3.8) is 0 Å². The Hall–Kier alpha value is -1.34. The Balaban J connectivity index is 1.72. The molecule has 2 aliphatic rings. The number of amides is 1. The first-order valence-corrected chi connectivity index (χ1v) is 8.45. The van der Waals surface area contributed by atoms with E-state index in [0.717, 1.165) is 18.2 Å². The van der Waals surface area contributed by atoms with Gasteiger partial charge in [-0.15, -0.1) is 0 Å². The summed E-state index contributed by atoms with van der Waals surface area (Å²) in [5.41, 5.74) is 5.96. The topological polar surface area (TPSA) is 82.7 Å². The number of nitrogen functional groups attached to an aromatic ring is 1. The van der Waals surface area contributed by atoms with Crippen LogP contribution in [0.15, 0.2) is 0 Å². The number of carbonyl (C=O) groups is 1. The average Bonchev–Trinajstić information content (AvgIpc) is 2.90. The second-order valence-corrected chi connectivity index (χ2v) is 6.76. The number of likely N-dealkylation sites (tertiary alicyclic amines) is 1. The molecule has 0 radical (unpaired) electrons. The normalized spacial score (nSPS) is 20.8. The van der Waals surface area contributed by atoms with Gasteiger partial charge in [-0.3, -0.25) is 4.79 Å². The predicted molar refractivity (Wildman–Crippen MR) is 83.7 cm³/mol. The highest BCUT2D eigenvalue weighted by Crippen LogP contribution is 2.31. The van der Waals surface area contributed by atoms with Crippen molar-refractivity contribution >= 4 is 28.2 Å². The molecule has 2 fully saturated rings. The molecule has 3 N–H and O–H groups in total. The van der Waals surface area contributed by atoms with E-state index in [4.69, 9.17) is 5.73 Å². The fraction of sp³-hybridized carbons (Fsp3) is 0.714. The summed E-state index contributed by atoms with van der Waals surface area (Å²) in [4.78, 5) is 21.5. The van der Waals surface area contributed by atoms with Crippen molar-refractivity contribution in [1.29, 1.82) is 0 Å². The summed E-state index contributed by atoms with van der Waals surface area (Å²) in [6.45, 7) is 3.18. The Morgan fingerprint density at radius 3 is 2.52 bits per heavy atom. The Morgan fingerprint density at radius 2 is 1.86 bits per heavy atom. The van der Waals surface area contributed by atoms with Gasteiger partial charge in [0.25, 0.3) is 5.91 Å². The fourth-order valence-corrected chi connectivity index (χ4v) is 3.91. The molecule has 2 aliphatic heterocycles. The highest BCUT2D eigenvalue weighted by molar-refractivity contribution is 7.18. The minimum Gasteiger partial charge on any atom is -0.393 e. The average molecular weight is 310 g/mol. The SMILES string of the molecule is Nc1nc(N2CCCCC2)sc1C(=O)N1CCC(O)CC1. The van der Waals surface area contributed by atoms with Crippen molar-refractivity contribution in [2.24, 2.45) is 0 Å². The number of anilines is 2. The monoisotopic (exact) mass is 310 g/mol. The maximum absolute atomic E-state index is 12.5. The lowest BCUT2D eigenvalue weighted by Crippen LogP contribution is -2.40. The van der Waals surface area contributed by atoms with Crippen LogP contribution < -0.4 is 10.6 Å². The van der Waals surface area contributed by atoms with Crippen molar-refractivity contribution in [1.82, 2.24) is 9.88 Å². The van der Waals surface area contributed by atoms with Crippen LogP contribution in [0.3, 0.4) is 0 Å². The summed E-state index contributed by atoms with van der Waals surface area (Å²) in [5, 5.41) is 10.4. The number of hydrogen-bond acceptors (Lipinski definition) is 6. The van der Waals surface area contributed by atoms with Crippen LogP contribution in [0.25, 0.3) is 0 Å². The number of thiazole rings is 1. The van der Waals surface area contributed by atoms with Gasteiger partial charge in [0.2, 0.25) is 0 Å². The fourth-order valence-electron chi connectivity index (χ4n) is 2.91. The van der Waals surface area contributed by atoms with Crippen LogP contribution in [0.5, 0.6) is 0 Å². The molecule has 21 heavy (non-hydrogen) atoms. The molecule has 6 nitrogen and oxygen atoms in total. The standard InChI is InChI=1S/C14H22N4O2S/c15-12-11(13(20)17-8-4-10(19)5-9-17)21-14(16-12)18-6-2-1-3-7-18/h10,19H,1-9,15H2. The first kappa shape index (κ1) is 14.6. The third-order valence-corrected chi connectivity index (χ3v) is 5.33. The van der Waals surface area contributed by atoms with E-state index in [0.29, 0.717) is 36.6 Å². The molecule has 1 aromatic rings. The summed E-state index contributed by atoms with van der Waals surface area (Å²) < 4.78 is 0. The van der Waals surface area contributed by atoms with Crippen LogP contribution in [0.1, 0.15) is 41.8 Å². The summed E-state index contributed by atoms with van der Waals surface area (Å²) >= 11 is 1.40. The molecule has 0 saturated carbocycles. The molecule has 0 aromatic carbocycles. The van der Waals surface area contributed by atoms with Crippen molar-refractivity contribution in [3.05, 3.63) is 4.88 Å². The lowest BCUT2D eigenvalue weighted by atomic mass is 10.1. The van der Waals surface area contributed by atoms with E-state index in [-0.39, 0.29) is 12.0 Å². The second kappa shape index (κ2) is 6.19. The van der Waals surface area contributed by atoms with Gasteiger partial charge in [0.1, 0.15) is 10.7 Å². The number of aliphatic hydroxyl groups excluding tert-OH is 1. The maximum Gasteiger partial charge on any atom is 0.267 e. The molecule has 7 heteroatoms. The van der Waals surface area contributed by atoms with E-state index < -0.39 is 0 Å². The Bertz CT molecular complexity index is 505. The van der Waals surface area contributed by atoms with Crippen LogP contribution in [-0.4, -0.2) is 53.2 Å². The first-order valence-electron chi connectivity index (χ1n) is 7.64. The summed E-state index contributed by atoms with van der Waals surface area (Å²) in [6.07, 6.45) is 4.61. The van der Waals surface area contributed by atoms with E-state index in [9.17, 15) is 9.90 Å². The lowest BCUT2D eigenvalue weighted by Gasteiger charge is -2.29. The van der Waals surface area contributed by atoms with Crippen molar-refractivity contribution in [2.45, 2.75) is 38.2 Å². The van der Waals surface area contributed by atoms with Gasteiger partial charge < -0.3 is 20.6 Å².